The van der Waals surface area contributed by atoms with Gasteiger partial charge in [0.1, 0.15) is 28.1 Å². The third-order valence-electron chi connectivity index (χ3n) is 16.8. The molecule has 9 aromatic heterocycles. The molecule has 1 unspecified atom stereocenters. The molecule has 11 rings (SSSR count). The van der Waals surface area contributed by atoms with E-state index >= 15 is 0 Å². The van der Waals surface area contributed by atoms with Gasteiger partial charge in [-0.05, 0) is 115 Å². The summed E-state index contributed by atoms with van der Waals surface area (Å²) in [7, 11) is -9.39. The number of nitrogens with zero attached hydrogens (tertiary/aromatic N) is 12. The molecular weight excluding hydrogens is 1410 g/mol. The first-order chi connectivity index (χ1) is 49.1. The maximum absolute atomic E-state index is 14.2. The molecule has 0 aliphatic rings. The van der Waals surface area contributed by atoms with Gasteiger partial charge in [-0.3, -0.25) is 18.6 Å². The van der Waals surface area contributed by atoms with Crippen LogP contribution in [-0.2, 0) is 58.1 Å². The lowest BCUT2D eigenvalue weighted by molar-refractivity contribution is -0.140. The van der Waals surface area contributed by atoms with Crippen molar-refractivity contribution in [1.82, 2.24) is 57.8 Å². The van der Waals surface area contributed by atoms with Crippen LogP contribution in [0.2, 0.25) is 0 Å². The van der Waals surface area contributed by atoms with Crippen molar-refractivity contribution in [2.75, 3.05) is 6.26 Å². The summed E-state index contributed by atoms with van der Waals surface area (Å²) in [5, 5.41) is 35.9. The number of halogens is 3. The van der Waals surface area contributed by atoms with E-state index in [1.807, 2.05) is 89.2 Å². The standard InChI is InChI=1S/C26H27FN4O4S.C19H15FN4O3S2.C19H21FN4O2.C7H15NO2.C3H5N/c1-16-5-7-20(8-6-16)36(34,35)31-15-22(21-13-18(27)14-29-25(21)31)24-28-10-9-19(30-24)11-17(12-23(32)33)26(2,3)4;1-12-3-5-14(6-4-12)29(26,27)24-11-16(15-9-13(20)10-22-19(15)24)18-21-8-7-17(23-18)28(2)25;1-19(2,3)11(7-16(25)26)6-13-4-5-21-18(24-13)15-10-23-17-14(15)8-12(20)9-22-17;1-7(2,3)5(8)4-6(9)10;1-2-3-4/h5-10,13-15,17H,11-12H2,1-4H3,(H,32,33);3-11H,1-2H3;4-5,8-11H,6-7H2,1-3H3,(H,22,23)(H,25,26);5H,4,8H2,1-3H3,(H,9,10);2H2,1H3/t17-;;11-;5-;/m1.10./s1. The number of benzene rings is 2. The Kier molecular flexibility index (Phi) is 26.8. The molecule has 0 saturated carbocycles. The molecule has 0 fully saturated rings. The molecule has 2 aromatic carbocycles. The Morgan fingerprint density at radius 1 is 0.562 bits per heavy atom. The van der Waals surface area contributed by atoms with Gasteiger partial charge in [0, 0.05) is 113 Å². The van der Waals surface area contributed by atoms with Crippen LogP contribution in [0, 0.1) is 70.7 Å². The van der Waals surface area contributed by atoms with Gasteiger partial charge in [0.05, 0.1) is 51.7 Å². The number of carboxylic acid groups (broad SMARTS) is 3. The average Bonchev–Trinajstić information content (AvgIpc) is 1.62. The number of hydrogen-bond donors (Lipinski definition) is 5. The number of rotatable bonds is 18. The van der Waals surface area contributed by atoms with E-state index in [1.54, 1.807) is 48.8 Å². The van der Waals surface area contributed by atoms with Crippen molar-refractivity contribution in [3.05, 3.63) is 181 Å². The molecule has 4 atom stereocenters. The number of nitrogens with one attached hydrogen (secondary N) is 1. The lowest BCUT2D eigenvalue weighted by atomic mass is 9.76. The van der Waals surface area contributed by atoms with Gasteiger partial charge in [-0.1, -0.05) is 105 Å². The van der Waals surface area contributed by atoms with Crippen LogP contribution in [0.25, 0.3) is 67.3 Å². The molecule has 0 spiro atoms. The van der Waals surface area contributed by atoms with Crippen LogP contribution >= 0.6 is 0 Å². The maximum atomic E-state index is 14.2. The molecule has 0 aliphatic carbocycles. The van der Waals surface area contributed by atoms with Crippen LogP contribution in [0.5, 0.6) is 0 Å². The predicted octanol–water partition coefficient (Wildman–Crippen LogP) is 13.4. The smallest absolute Gasteiger partial charge is 0.304 e. The molecule has 105 heavy (non-hydrogen) atoms. The average molecular weight is 1500 g/mol. The fourth-order valence-electron chi connectivity index (χ4n) is 10.3. The minimum absolute atomic E-state index is 0.0218. The lowest BCUT2D eigenvalue weighted by Gasteiger charge is -2.29. The van der Waals surface area contributed by atoms with Crippen LogP contribution in [0.4, 0.5) is 13.2 Å². The fourth-order valence-corrected chi connectivity index (χ4v) is 13.5. The Balaban J connectivity index is 0.000000203. The first-order valence-electron chi connectivity index (χ1n) is 32.8. The van der Waals surface area contributed by atoms with Gasteiger partial charge in [-0.25, -0.2) is 82.8 Å². The topological polar surface area (TPSA) is 389 Å². The third kappa shape index (κ3) is 21.5. The Bertz CT molecular complexity index is 5240. The largest absolute Gasteiger partial charge is 0.481 e. The van der Waals surface area contributed by atoms with Crippen LogP contribution in [0.15, 0.2) is 156 Å². The minimum Gasteiger partial charge on any atom is -0.481 e. The van der Waals surface area contributed by atoms with E-state index in [0.717, 1.165) is 43.4 Å². The van der Waals surface area contributed by atoms with Gasteiger partial charge in [-0.2, -0.15) is 5.26 Å². The molecule has 0 amide bonds. The van der Waals surface area contributed by atoms with E-state index in [2.05, 4.69) is 49.8 Å². The number of aromatic amines is 1. The van der Waals surface area contributed by atoms with Gasteiger partial charge in [0.2, 0.25) is 0 Å². The van der Waals surface area contributed by atoms with Gasteiger partial charge in [0.25, 0.3) is 20.0 Å². The Morgan fingerprint density at radius 2 is 0.933 bits per heavy atom. The highest BCUT2D eigenvalue weighted by molar-refractivity contribution is 7.90. The zero-order valence-electron chi connectivity index (χ0n) is 60.2. The van der Waals surface area contributed by atoms with Crippen molar-refractivity contribution < 1.29 is 63.9 Å². The number of fused-ring (bicyclic) bond motifs is 3. The van der Waals surface area contributed by atoms with Gasteiger partial charge < -0.3 is 26.0 Å². The SMILES string of the molecule is CC(C)(C)[C@@H](CC(=O)O)Cc1ccnc(-c2c[nH]c3ncc(F)cc23)n1.CC(C)(C)[C@@H](N)CC(=O)O.CCC#N.Cc1ccc(S(=O)(=O)n2cc(-c3nccc(C[C@H](CC(=O)O)C(C)(C)C)n3)c3cc(F)cnc32)cc1.Cc1ccc(S(=O)(=O)n2cc(-c3nccc(S(C)=O)n3)c3cc(F)cnc32)cc1. The number of aryl methyl sites for hydroxylation is 2. The van der Waals surface area contributed by atoms with E-state index in [-0.39, 0.29) is 107 Å². The summed E-state index contributed by atoms with van der Waals surface area (Å²) in [4.78, 5) is 74.1. The van der Waals surface area contributed by atoms with Crippen LogP contribution in [0.1, 0.15) is 117 Å². The second kappa shape index (κ2) is 34.4. The van der Waals surface area contributed by atoms with Crippen LogP contribution in [-0.4, -0.2) is 124 Å². The normalized spacial score (nSPS) is 12.9. The van der Waals surface area contributed by atoms with Crippen molar-refractivity contribution in [3.63, 3.8) is 0 Å². The zero-order valence-corrected chi connectivity index (χ0v) is 62.6. The number of H-pyrrole nitrogens is 1. The van der Waals surface area contributed by atoms with Gasteiger partial charge in [-0.15, -0.1) is 0 Å². The second-order valence-corrected chi connectivity index (χ2v) is 32.8. The summed E-state index contributed by atoms with van der Waals surface area (Å²) in [6.45, 7) is 23.3. The molecule has 0 radical (unpaired) electrons. The molecule has 554 valence electrons. The second-order valence-electron chi connectivity index (χ2n) is 27.8. The van der Waals surface area contributed by atoms with Gasteiger partial charge in [0.15, 0.2) is 28.8 Å². The maximum Gasteiger partial charge on any atom is 0.304 e. The molecule has 11 aromatic rings. The lowest BCUT2D eigenvalue weighted by Crippen LogP contribution is -2.36. The van der Waals surface area contributed by atoms with E-state index in [0.29, 0.717) is 52.9 Å². The van der Waals surface area contributed by atoms with E-state index in [9.17, 15) is 58.8 Å². The number of carbonyl (C=O) groups is 3. The predicted molar refractivity (Wildman–Crippen MR) is 392 cm³/mol. The Hall–Kier alpha value is -10.6. The summed E-state index contributed by atoms with van der Waals surface area (Å²) >= 11 is 0. The number of nitriles is 1. The number of aliphatic carboxylic acids is 3. The summed E-state index contributed by atoms with van der Waals surface area (Å²) < 4.78 is 109. The first kappa shape index (κ1) is 81.7. The molecule has 31 heteroatoms. The number of pyridine rings is 3. The molecule has 0 saturated heterocycles. The molecule has 0 bridgehead atoms. The molecule has 25 nitrogen and oxygen atoms in total. The zero-order chi connectivity index (χ0) is 77.7. The third-order valence-corrected chi connectivity index (χ3v) is 20.9. The summed E-state index contributed by atoms with van der Waals surface area (Å²) in [6.07, 6.45) is 15.1. The van der Waals surface area contributed by atoms with E-state index in [1.165, 1.54) is 79.6 Å². The Morgan fingerprint density at radius 3 is 1.30 bits per heavy atom. The van der Waals surface area contributed by atoms with E-state index < -0.39 is 66.2 Å². The fraction of sp³-hybridized carbons (Fsp3) is 0.338. The monoisotopic (exact) mass is 1500 g/mol. The number of carboxylic acids is 3. The minimum atomic E-state index is -4.03. The van der Waals surface area contributed by atoms with Crippen molar-refractivity contribution in [1.29, 1.82) is 5.26 Å². The van der Waals surface area contributed by atoms with Gasteiger partial charge >= 0.3 is 17.9 Å². The summed E-state index contributed by atoms with van der Waals surface area (Å²) in [6, 6.07) is 23.2. The van der Waals surface area contributed by atoms with Crippen molar-refractivity contribution in [3.8, 4) is 40.2 Å². The van der Waals surface area contributed by atoms with Crippen LogP contribution in [0.3, 0.4) is 0 Å². The Labute approximate surface area is 608 Å². The number of nitrogens with two attached hydrogens (primary N) is 1. The number of aromatic nitrogens is 12. The number of hydrogen-bond acceptors (Lipinski definition) is 19. The van der Waals surface area contributed by atoms with Crippen molar-refractivity contribution in [2.45, 2.75) is 142 Å². The molecule has 9 heterocycles. The molecular formula is C74H83F3N14O11S3. The summed E-state index contributed by atoms with van der Waals surface area (Å²) in [5.41, 5.74) is 10.1. The van der Waals surface area contributed by atoms with Crippen molar-refractivity contribution >= 4 is 81.9 Å². The molecule has 0 aliphatic heterocycles. The first-order valence-corrected chi connectivity index (χ1v) is 37.3. The highest BCUT2D eigenvalue weighted by Crippen LogP contribution is 2.37. The molecule has 6 N–H and O–H groups in total. The van der Waals surface area contributed by atoms with E-state index in [4.69, 9.17) is 16.1 Å². The van der Waals surface area contributed by atoms with Crippen molar-refractivity contribution in [2.24, 2.45) is 33.8 Å². The highest BCUT2D eigenvalue weighted by atomic mass is 32.2. The quantitative estimate of drug-likeness (QED) is 0.0498. The highest BCUT2D eigenvalue weighted by Gasteiger charge is 2.31. The van der Waals surface area contributed by atoms with Crippen LogP contribution < -0.4 is 5.73 Å². The summed E-state index contributed by atoms with van der Waals surface area (Å²) in [5.74, 6) is -3.69.